The van der Waals surface area contributed by atoms with E-state index in [0.29, 0.717) is 17.4 Å². The summed E-state index contributed by atoms with van der Waals surface area (Å²) in [6.45, 7) is 6.49. The van der Waals surface area contributed by atoms with E-state index in [2.05, 4.69) is 62.7 Å². The summed E-state index contributed by atoms with van der Waals surface area (Å²) in [6.07, 6.45) is 7.37. The summed E-state index contributed by atoms with van der Waals surface area (Å²) in [6, 6.07) is 19.3. The van der Waals surface area contributed by atoms with Gasteiger partial charge in [-0.1, -0.05) is 12.1 Å². The standard InChI is InChI=1S/C34H37N4O2SSi/c1-22-7-8-24(40-33(42)30-11-17-37(30)2)20-27(22)32(39)36-34(12-13-34)28-18-23(19-29-26(28)6-5-14-35-29)31-10-9-25(41-31)21-38-15-3-4-16-38/h5-10,14,18-20,30,33H,3-4,11-13,15-17,21H2,1-2H3,(H,36,39)/t30-,33?/m0/s1. The zero-order chi connectivity index (χ0) is 28.8. The third-order valence-corrected chi connectivity index (χ3v) is 10.9. The number of carbonyl (C=O) groups excluding carboxylic acids is 1. The summed E-state index contributed by atoms with van der Waals surface area (Å²) in [7, 11) is 5.87. The van der Waals surface area contributed by atoms with Gasteiger partial charge in [-0.25, -0.2) is 0 Å². The molecule has 6 nitrogen and oxygen atoms in total. The number of nitrogens with one attached hydrogen (secondary N) is 1. The zero-order valence-electron chi connectivity index (χ0n) is 24.4. The number of nitrogens with zero attached hydrogens (tertiary/aromatic N) is 3. The molecule has 1 amide bonds. The fraction of sp³-hybridized carbons (Fsp3) is 0.412. The number of amides is 1. The Morgan fingerprint density at radius 3 is 2.71 bits per heavy atom. The third kappa shape index (κ3) is 5.41. The predicted octanol–water partition coefficient (Wildman–Crippen LogP) is 5.86. The van der Waals surface area contributed by atoms with Gasteiger partial charge in [0.15, 0.2) is 0 Å². The van der Waals surface area contributed by atoms with Crippen molar-refractivity contribution in [3.63, 3.8) is 0 Å². The average Bonchev–Trinajstić information content (AvgIpc) is 3.33. The largest absolute Gasteiger partial charge is 0.493 e. The molecule has 0 bridgehead atoms. The lowest BCUT2D eigenvalue weighted by molar-refractivity contribution is 0.0562. The average molecular weight is 594 g/mol. The highest BCUT2D eigenvalue weighted by molar-refractivity contribution is 7.15. The first-order chi connectivity index (χ1) is 20.4. The smallest absolute Gasteiger partial charge is 0.252 e. The minimum Gasteiger partial charge on any atom is -0.493 e. The van der Waals surface area contributed by atoms with Crippen LogP contribution in [-0.4, -0.2) is 69.4 Å². The van der Waals surface area contributed by atoms with Gasteiger partial charge in [0.1, 0.15) is 5.75 Å². The van der Waals surface area contributed by atoms with Crippen LogP contribution in [0.4, 0.5) is 0 Å². The molecule has 0 spiro atoms. The van der Waals surface area contributed by atoms with Crippen LogP contribution in [0.3, 0.4) is 0 Å². The van der Waals surface area contributed by atoms with Crippen molar-refractivity contribution in [1.82, 2.24) is 20.1 Å². The van der Waals surface area contributed by atoms with Gasteiger partial charge < -0.3 is 15.0 Å². The van der Waals surface area contributed by atoms with Gasteiger partial charge in [-0.2, -0.15) is 0 Å². The van der Waals surface area contributed by atoms with Gasteiger partial charge in [0, 0.05) is 39.5 Å². The van der Waals surface area contributed by atoms with Gasteiger partial charge in [-0.3, -0.25) is 14.7 Å². The number of aryl methyl sites for hydroxylation is 1. The Bertz CT molecular complexity index is 1630. The molecule has 3 radical (unpaired) electrons. The zero-order valence-corrected chi connectivity index (χ0v) is 26.2. The van der Waals surface area contributed by atoms with Gasteiger partial charge in [-0.05, 0) is 125 Å². The highest BCUT2D eigenvalue weighted by atomic mass is 32.1. The number of pyridine rings is 1. The van der Waals surface area contributed by atoms with Crippen molar-refractivity contribution in [3.8, 4) is 16.2 Å². The van der Waals surface area contributed by atoms with E-state index in [1.807, 2.05) is 48.7 Å². The first kappa shape index (κ1) is 27.8. The van der Waals surface area contributed by atoms with Crippen LogP contribution >= 0.6 is 11.3 Å². The quantitative estimate of drug-likeness (QED) is 0.246. The molecule has 215 valence electrons. The fourth-order valence-corrected chi connectivity index (χ4v) is 8.03. The Hall–Kier alpha value is -3.04. The molecule has 42 heavy (non-hydrogen) atoms. The summed E-state index contributed by atoms with van der Waals surface area (Å²) in [4.78, 5) is 26.0. The number of carbonyl (C=O) groups is 1. The Morgan fingerprint density at radius 2 is 1.98 bits per heavy atom. The molecule has 1 saturated carbocycles. The van der Waals surface area contributed by atoms with Gasteiger partial charge in [0.2, 0.25) is 0 Å². The molecule has 2 aliphatic heterocycles. The van der Waals surface area contributed by atoms with E-state index in [9.17, 15) is 4.79 Å². The number of hydrogen-bond donors (Lipinski definition) is 1. The molecule has 2 aromatic carbocycles. The van der Waals surface area contributed by atoms with Crippen molar-refractivity contribution >= 4 is 38.4 Å². The van der Waals surface area contributed by atoms with Crippen LogP contribution in [0, 0.1) is 6.92 Å². The molecule has 8 heteroatoms. The SMILES string of the molecule is Cc1ccc(OC([Si])[C@@H]2CCN2C)cc1C(=O)NC1(c2cc(-c3ccc(CN4CCCC4)s3)cc3ncccc23)CC1. The van der Waals surface area contributed by atoms with Crippen molar-refractivity contribution in [3.05, 3.63) is 82.4 Å². The van der Waals surface area contributed by atoms with Crippen molar-refractivity contribution < 1.29 is 9.53 Å². The number of hydrogen-bond acceptors (Lipinski definition) is 6. The van der Waals surface area contributed by atoms with Crippen molar-refractivity contribution in [1.29, 1.82) is 0 Å². The summed E-state index contributed by atoms with van der Waals surface area (Å²) in [5, 5.41) is 4.56. The van der Waals surface area contributed by atoms with Gasteiger partial charge in [0.05, 0.1) is 27.0 Å². The van der Waals surface area contributed by atoms with Crippen molar-refractivity contribution in [2.45, 2.75) is 62.9 Å². The topological polar surface area (TPSA) is 57.7 Å². The minimum absolute atomic E-state index is 0.0619. The van der Waals surface area contributed by atoms with Crippen LogP contribution in [0.1, 0.15) is 58.5 Å². The lowest BCUT2D eigenvalue weighted by Crippen LogP contribution is -2.53. The molecule has 1 aliphatic carbocycles. The van der Waals surface area contributed by atoms with E-state index >= 15 is 0 Å². The Balaban J connectivity index is 1.16. The molecule has 4 aromatic rings. The normalized spacial score (nSPS) is 20.8. The van der Waals surface area contributed by atoms with Crippen molar-refractivity contribution in [2.24, 2.45) is 0 Å². The number of thiophene rings is 1. The monoisotopic (exact) mass is 593 g/mol. The molecule has 1 unspecified atom stereocenters. The number of likely N-dealkylation sites (N-methyl/N-ethyl adjacent to an activating group) is 1. The maximum Gasteiger partial charge on any atom is 0.252 e. The highest BCUT2D eigenvalue weighted by Gasteiger charge is 2.47. The first-order valence-electron chi connectivity index (χ1n) is 15.1. The maximum atomic E-state index is 13.8. The van der Waals surface area contributed by atoms with Crippen LogP contribution < -0.4 is 10.1 Å². The number of likely N-dealkylation sites (tertiary alicyclic amines) is 2. The van der Waals surface area contributed by atoms with E-state index in [4.69, 9.17) is 9.72 Å². The van der Waals surface area contributed by atoms with Gasteiger partial charge in [-0.15, -0.1) is 11.3 Å². The van der Waals surface area contributed by atoms with E-state index in [1.165, 1.54) is 41.2 Å². The van der Waals surface area contributed by atoms with E-state index < -0.39 is 5.54 Å². The van der Waals surface area contributed by atoms with Gasteiger partial charge in [0.25, 0.3) is 5.91 Å². The second kappa shape index (κ2) is 11.2. The predicted molar refractivity (Wildman–Crippen MR) is 170 cm³/mol. The van der Waals surface area contributed by atoms with Crippen molar-refractivity contribution in [2.75, 3.05) is 26.7 Å². The number of ether oxygens (including phenoxy) is 1. The molecule has 2 saturated heterocycles. The molecule has 3 aliphatic rings. The number of aromatic nitrogens is 1. The Labute approximate surface area is 255 Å². The van der Waals surface area contributed by atoms with E-state index in [1.54, 1.807) is 0 Å². The van der Waals surface area contributed by atoms with E-state index in [0.717, 1.165) is 54.4 Å². The Kier molecular flexibility index (Phi) is 7.42. The lowest BCUT2D eigenvalue weighted by atomic mass is 9.95. The molecule has 4 heterocycles. The second-order valence-electron chi connectivity index (χ2n) is 12.2. The molecule has 3 fully saturated rings. The van der Waals surface area contributed by atoms with Crippen LogP contribution in [0.2, 0.25) is 0 Å². The fourth-order valence-electron chi connectivity index (χ4n) is 6.43. The number of benzene rings is 2. The lowest BCUT2D eigenvalue weighted by Gasteiger charge is -2.41. The number of fused-ring (bicyclic) bond motifs is 1. The highest BCUT2D eigenvalue weighted by Crippen LogP contribution is 2.49. The summed E-state index contributed by atoms with van der Waals surface area (Å²) in [5.41, 5.74) is 4.37. The Morgan fingerprint density at radius 1 is 1.14 bits per heavy atom. The summed E-state index contributed by atoms with van der Waals surface area (Å²) >= 11 is 1.87. The minimum atomic E-state index is -0.403. The third-order valence-electron chi connectivity index (χ3n) is 9.27. The molecule has 7 rings (SSSR count). The first-order valence-corrected chi connectivity index (χ1v) is 16.5. The molecular weight excluding hydrogens is 557 g/mol. The number of rotatable bonds is 9. The second-order valence-corrected chi connectivity index (χ2v) is 14.0. The maximum absolute atomic E-state index is 13.8. The van der Waals surface area contributed by atoms with Crippen LogP contribution in [0.5, 0.6) is 5.75 Å². The van der Waals surface area contributed by atoms with Crippen LogP contribution in [0.25, 0.3) is 21.3 Å². The van der Waals surface area contributed by atoms with Crippen LogP contribution in [0.15, 0.2) is 60.8 Å². The summed E-state index contributed by atoms with van der Waals surface area (Å²) in [5.74, 6) is 0.642. The molecule has 2 atom stereocenters. The van der Waals surface area contributed by atoms with E-state index in [-0.39, 0.29) is 11.6 Å². The molecular formula is C34H37N4O2SSi. The molecule has 1 N–H and O–H groups in total. The van der Waals surface area contributed by atoms with Crippen LogP contribution in [-0.2, 0) is 12.1 Å². The summed E-state index contributed by atoms with van der Waals surface area (Å²) < 4.78 is 6.21. The van der Waals surface area contributed by atoms with Gasteiger partial charge >= 0.3 is 0 Å². The molecule has 2 aromatic heterocycles.